The number of aromatic carboxylic acids is 1. The number of carbonyl (C=O) groups excluding carboxylic acids is 1. The number of carbonyl (C=O) groups is 2. The van der Waals surface area contributed by atoms with Crippen LogP contribution in [-0.2, 0) is 0 Å². The van der Waals surface area contributed by atoms with E-state index in [0.717, 1.165) is 0 Å². The zero-order valence-electron chi connectivity index (χ0n) is 12.0. The van der Waals surface area contributed by atoms with Crippen LogP contribution >= 0.6 is 0 Å². The molecule has 1 aromatic carbocycles. The molecule has 0 saturated carbocycles. The fraction of sp³-hybridized carbons (Fsp3) is 0.467. The van der Waals surface area contributed by atoms with Gasteiger partial charge in [-0.1, -0.05) is 0 Å². The van der Waals surface area contributed by atoms with Crippen molar-refractivity contribution in [1.29, 1.82) is 0 Å². The molecule has 1 heterocycles. The Labute approximate surface area is 125 Å². The van der Waals surface area contributed by atoms with Gasteiger partial charge in [0.2, 0.25) is 0 Å². The van der Waals surface area contributed by atoms with Gasteiger partial charge < -0.3 is 10.0 Å². The van der Waals surface area contributed by atoms with Gasteiger partial charge >= 0.3 is 12.1 Å². The number of benzene rings is 1. The monoisotopic (exact) mass is 315 g/mol. The van der Waals surface area contributed by atoms with Crippen LogP contribution in [0.25, 0.3) is 0 Å². The molecule has 1 amide bonds. The lowest BCUT2D eigenvalue weighted by Crippen LogP contribution is -2.42. The van der Waals surface area contributed by atoms with E-state index in [2.05, 4.69) is 0 Å². The van der Waals surface area contributed by atoms with Crippen molar-refractivity contribution in [3.8, 4) is 0 Å². The third kappa shape index (κ3) is 3.58. The van der Waals surface area contributed by atoms with Crippen molar-refractivity contribution in [3.05, 3.63) is 34.9 Å². The number of halogens is 3. The van der Waals surface area contributed by atoms with E-state index in [0.29, 0.717) is 5.56 Å². The first-order valence-corrected chi connectivity index (χ1v) is 6.89. The maximum Gasteiger partial charge on any atom is 0.391 e. The maximum atomic E-state index is 12.6. The van der Waals surface area contributed by atoms with E-state index in [9.17, 15) is 22.8 Å². The fourth-order valence-corrected chi connectivity index (χ4v) is 2.62. The van der Waals surface area contributed by atoms with E-state index in [1.165, 1.54) is 17.0 Å². The van der Waals surface area contributed by atoms with Crippen molar-refractivity contribution < 1.29 is 27.9 Å². The molecule has 1 aromatic rings. The van der Waals surface area contributed by atoms with Crippen LogP contribution in [0.15, 0.2) is 18.2 Å². The average molecular weight is 315 g/mol. The van der Waals surface area contributed by atoms with E-state index in [1.54, 1.807) is 13.0 Å². The van der Waals surface area contributed by atoms with E-state index in [1.807, 2.05) is 0 Å². The molecule has 7 heteroatoms. The SMILES string of the molecule is Cc1cc(C(=O)O)cc(C(=O)N2CCC(C(F)(F)F)CC2)c1. The minimum Gasteiger partial charge on any atom is -0.478 e. The molecule has 120 valence electrons. The molecule has 0 bridgehead atoms. The summed E-state index contributed by atoms with van der Waals surface area (Å²) in [5, 5.41) is 9.00. The highest BCUT2D eigenvalue weighted by Gasteiger charge is 2.41. The highest BCUT2D eigenvalue weighted by Crippen LogP contribution is 2.34. The number of carboxylic acids is 1. The van der Waals surface area contributed by atoms with Gasteiger partial charge in [-0.25, -0.2) is 4.79 Å². The lowest BCUT2D eigenvalue weighted by molar-refractivity contribution is -0.183. The normalized spacial score (nSPS) is 16.6. The third-order valence-corrected chi connectivity index (χ3v) is 3.82. The number of hydrogen-bond donors (Lipinski definition) is 1. The molecule has 4 nitrogen and oxygen atoms in total. The number of nitrogens with zero attached hydrogens (tertiary/aromatic N) is 1. The molecule has 0 unspecified atom stereocenters. The first kappa shape index (κ1) is 16.3. The Morgan fingerprint density at radius 1 is 1.14 bits per heavy atom. The molecule has 1 saturated heterocycles. The second kappa shape index (κ2) is 5.98. The Morgan fingerprint density at radius 2 is 1.68 bits per heavy atom. The molecular weight excluding hydrogens is 299 g/mol. The van der Waals surface area contributed by atoms with Crippen molar-refractivity contribution in [2.45, 2.75) is 25.9 Å². The van der Waals surface area contributed by atoms with Gasteiger partial charge in [0.05, 0.1) is 11.5 Å². The van der Waals surface area contributed by atoms with Gasteiger partial charge in [-0.15, -0.1) is 0 Å². The first-order chi connectivity index (χ1) is 10.2. The van der Waals surface area contributed by atoms with Crippen molar-refractivity contribution in [2.75, 3.05) is 13.1 Å². The van der Waals surface area contributed by atoms with Crippen molar-refractivity contribution in [2.24, 2.45) is 5.92 Å². The highest BCUT2D eigenvalue weighted by atomic mass is 19.4. The van der Waals surface area contributed by atoms with Crippen molar-refractivity contribution in [1.82, 2.24) is 4.90 Å². The van der Waals surface area contributed by atoms with Gasteiger partial charge in [0.1, 0.15) is 0 Å². The Kier molecular flexibility index (Phi) is 4.44. The minimum atomic E-state index is -4.23. The van der Waals surface area contributed by atoms with Gasteiger partial charge in [0.25, 0.3) is 5.91 Å². The van der Waals surface area contributed by atoms with Gasteiger partial charge in [-0.2, -0.15) is 13.2 Å². The van der Waals surface area contributed by atoms with Crippen molar-refractivity contribution >= 4 is 11.9 Å². The second-order valence-electron chi connectivity index (χ2n) is 5.50. The summed E-state index contributed by atoms with van der Waals surface area (Å²) < 4.78 is 37.9. The Hall–Kier alpha value is -2.05. The number of carboxylic acid groups (broad SMARTS) is 1. The molecule has 0 atom stereocenters. The zero-order chi connectivity index (χ0) is 16.5. The molecule has 0 aliphatic carbocycles. The maximum absolute atomic E-state index is 12.6. The summed E-state index contributed by atoms with van der Waals surface area (Å²) in [5.41, 5.74) is 0.810. The van der Waals surface area contributed by atoms with Crippen LogP contribution in [0.2, 0.25) is 0 Å². The predicted octanol–water partition coefficient (Wildman–Crippen LogP) is 3.11. The quantitative estimate of drug-likeness (QED) is 0.912. The molecule has 22 heavy (non-hydrogen) atoms. The van der Waals surface area contributed by atoms with Crippen LogP contribution in [0.3, 0.4) is 0 Å². The number of amides is 1. The predicted molar refractivity (Wildman–Crippen MR) is 72.8 cm³/mol. The molecule has 1 N–H and O–H groups in total. The summed E-state index contributed by atoms with van der Waals surface area (Å²) in [7, 11) is 0. The van der Waals surface area contributed by atoms with Gasteiger partial charge in [0.15, 0.2) is 0 Å². The van der Waals surface area contributed by atoms with Gasteiger partial charge in [-0.3, -0.25) is 4.79 Å². The molecule has 1 aliphatic rings. The number of likely N-dealkylation sites (tertiary alicyclic amines) is 1. The van der Waals surface area contributed by atoms with E-state index in [4.69, 9.17) is 5.11 Å². The number of piperidine rings is 1. The molecular formula is C15H16F3NO3. The summed E-state index contributed by atoms with van der Waals surface area (Å²) in [6.45, 7) is 1.72. The zero-order valence-corrected chi connectivity index (χ0v) is 12.0. The van der Waals surface area contributed by atoms with Crippen LogP contribution in [0.4, 0.5) is 13.2 Å². The van der Waals surface area contributed by atoms with E-state index >= 15 is 0 Å². The number of alkyl halides is 3. The van der Waals surface area contributed by atoms with Gasteiger partial charge in [0, 0.05) is 18.7 Å². The van der Waals surface area contributed by atoms with E-state index < -0.39 is 24.0 Å². The molecule has 0 radical (unpaired) electrons. The lowest BCUT2D eigenvalue weighted by Gasteiger charge is -2.33. The topological polar surface area (TPSA) is 57.6 Å². The molecule has 1 aliphatic heterocycles. The summed E-state index contributed by atoms with van der Waals surface area (Å²) in [5.74, 6) is -2.94. The average Bonchev–Trinajstić information content (AvgIpc) is 2.45. The summed E-state index contributed by atoms with van der Waals surface area (Å²) in [6, 6.07) is 4.24. The number of hydrogen-bond acceptors (Lipinski definition) is 2. The Morgan fingerprint density at radius 3 is 2.18 bits per heavy atom. The lowest BCUT2D eigenvalue weighted by atomic mass is 9.95. The minimum absolute atomic E-state index is 0.00599. The Balaban J connectivity index is 2.12. The highest BCUT2D eigenvalue weighted by molar-refractivity contribution is 5.97. The summed E-state index contributed by atoms with van der Waals surface area (Å²) in [4.78, 5) is 24.7. The standard InChI is InChI=1S/C15H16F3NO3/c1-9-6-10(8-11(7-9)14(21)22)13(20)19-4-2-12(3-5-19)15(16,17)18/h6-8,12H,2-5H2,1H3,(H,21,22). The van der Waals surface area contributed by atoms with Crippen molar-refractivity contribution in [3.63, 3.8) is 0 Å². The van der Waals surface area contributed by atoms with Gasteiger partial charge in [-0.05, 0) is 43.5 Å². The number of rotatable bonds is 2. The Bertz CT molecular complexity index is 590. The van der Waals surface area contributed by atoms with Crippen LogP contribution in [0.1, 0.15) is 39.1 Å². The third-order valence-electron chi connectivity index (χ3n) is 3.82. The van der Waals surface area contributed by atoms with Crippen LogP contribution in [0.5, 0.6) is 0 Å². The molecule has 2 rings (SSSR count). The second-order valence-corrected chi connectivity index (χ2v) is 5.50. The fourth-order valence-electron chi connectivity index (χ4n) is 2.62. The van der Waals surface area contributed by atoms with E-state index in [-0.39, 0.29) is 37.1 Å². The molecule has 1 fully saturated rings. The largest absolute Gasteiger partial charge is 0.478 e. The van der Waals surface area contributed by atoms with Crippen LogP contribution < -0.4 is 0 Å². The van der Waals surface area contributed by atoms with Crippen LogP contribution in [-0.4, -0.2) is 41.1 Å². The number of aryl methyl sites for hydroxylation is 1. The summed E-state index contributed by atoms with van der Waals surface area (Å²) >= 11 is 0. The molecule has 0 spiro atoms. The smallest absolute Gasteiger partial charge is 0.391 e. The van der Waals surface area contributed by atoms with Crippen LogP contribution in [0, 0.1) is 12.8 Å². The molecule has 0 aromatic heterocycles. The summed E-state index contributed by atoms with van der Waals surface area (Å²) in [6.07, 6.45) is -4.46. The first-order valence-electron chi connectivity index (χ1n) is 6.89.